The lowest BCUT2D eigenvalue weighted by molar-refractivity contribution is -0.137. The van der Waals surface area contributed by atoms with Gasteiger partial charge >= 0.3 is 6.18 Å². The molecule has 1 aromatic heterocycles. The van der Waals surface area contributed by atoms with Gasteiger partial charge in [0.05, 0.1) is 18.0 Å². The maximum atomic E-state index is 12.9. The molecule has 4 rings (SSSR count). The quantitative estimate of drug-likeness (QED) is 0.864. The van der Waals surface area contributed by atoms with Gasteiger partial charge in [-0.15, -0.1) is 0 Å². The molecule has 1 aliphatic heterocycles. The fourth-order valence-electron chi connectivity index (χ4n) is 3.23. The van der Waals surface area contributed by atoms with Crippen LogP contribution in [-0.4, -0.2) is 46.6 Å². The maximum absolute atomic E-state index is 12.9. The third-order valence-corrected chi connectivity index (χ3v) is 4.82. The predicted octanol–water partition coefficient (Wildman–Crippen LogP) is 2.82. The molecule has 2 heterocycles. The van der Waals surface area contributed by atoms with E-state index < -0.39 is 11.7 Å². The minimum Gasteiger partial charge on any atom is -0.352 e. The van der Waals surface area contributed by atoms with E-state index in [1.54, 1.807) is 0 Å². The number of carbonyl (C=O) groups excluding carboxylic acids is 1. The van der Waals surface area contributed by atoms with Gasteiger partial charge in [0.15, 0.2) is 0 Å². The molecule has 27 heavy (non-hydrogen) atoms. The average molecular weight is 380 g/mol. The van der Waals surface area contributed by atoms with Gasteiger partial charge in [0.1, 0.15) is 0 Å². The van der Waals surface area contributed by atoms with Crippen molar-refractivity contribution < 1.29 is 22.5 Å². The highest BCUT2D eigenvalue weighted by atomic mass is 19.4. The van der Waals surface area contributed by atoms with Gasteiger partial charge in [0.25, 0.3) is 0 Å². The van der Waals surface area contributed by atoms with Crippen molar-refractivity contribution in [1.82, 2.24) is 20.4 Å². The first kappa shape index (κ1) is 18.0. The number of hydrogen-bond donors (Lipinski definition) is 1. The molecular weight excluding hydrogens is 361 g/mol. The van der Waals surface area contributed by atoms with Gasteiger partial charge < -0.3 is 9.84 Å². The average Bonchev–Trinajstić information content (AvgIpc) is 3.10. The van der Waals surface area contributed by atoms with E-state index in [9.17, 15) is 18.0 Å². The van der Waals surface area contributed by atoms with Crippen molar-refractivity contribution in [2.45, 2.75) is 37.4 Å². The smallest absolute Gasteiger partial charge is 0.352 e. The van der Waals surface area contributed by atoms with Crippen LogP contribution < -0.4 is 5.32 Å². The highest BCUT2D eigenvalue weighted by Gasteiger charge is 2.32. The third-order valence-electron chi connectivity index (χ3n) is 4.82. The number of rotatable bonds is 5. The van der Waals surface area contributed by atoms with E-state index in [1.807, 2.05) is 4.90 Å². The van der Waals surface area contributed by atoms with E-state index >= 15 is 0 Å². The first-order valence-electron chi connectivity index (χ1n) is 8.91. The minimum atomic E-state index is -4.42. The molecule has 0 radical (unpaired) electrons. The Kier molecular flexibility index (Phi) is 4.63. The molecular formula is C18H19F3N4O2. The van der Waals surface area contributed by atoms with Crippen LogP contribution in [0.5, 0.6) is 0 Å². The second kappa shape index (κ2) is 6.95. The Bertz CT molecular complexity index is 832. The van der Waals surface area contributed by atoms with Crippen molar-refractivity contribution >= 4 is 5.91 Å². The topological polar surface area (TPSA) is 71.3 Å². The summed E-state index contributed by atoms with van der Waals surface area (Å²) >= 11 is 0. The number of alkyl halides is 3. The zero-order valence-electron chi connectivity index (χ0n) is 14.5. The zero-order chi connectivity index (χ0) is 19.0. The highest BCUT2D eigenvalue weighted by Crippen LogP contribution is 2.32. The van der Waals surface area contributed by atoms with Crippen molar-refractivity contribution in [3.8, 4) is 11.4 Å². The van der Waals surface area contributed by atoms with E-state index in [0.29, 0.717) is 25.0 Å². The highest BCUT2D eigenvalue weighted by molar-refractivity contribution is 5.78. The summed E-state index contributed by atoms with van der Waals surface area (Å²) in [7, 11) is 0. The van der Waals surface area contributed by atoms with Gasteiger partial charge in [0, 0.05) is 18.2 Å². The van der Waals surface area contributed by atoms with E-state index in [4.69, 9.17) is 4.52 Å². The molecule has 144 valence electrons. The molecule has 2 aromatic rings. The molecule has 1 saturated heterocycles. The van der Waals surface area contributed by atoms with Gasteiger partial charge in [-0.05, 0) is 37.9 Å². The molecule has 9 heteroatoms. The summed E-state index contributed by atoms with van der Waals surface area (Å²) in [6.45, 7) is 1.69. The van der Waals surface area contributed by atoms with Crippen molar-refractivity contribution in [1.29, 1.82) is 0 Å². The SMILES string of the molecule is O=C(CN1CC[C@H](c2nc(-c3cccc(C(F)(F)F)c3)no2)C1)NC1CC1. The molecule has 1 atom stereocenters. The number of benzene rings is 1. The molecule has 2 aliphatic rings. The van der Waals surface area contributed by atoms with Gasteiger partial charge in [-0.25, -0.2) is 0 Å². The lowest BCUT2D eigenvalue weighted by Gasteiger charge is -2.14. The summed E-state index contributed by atoms with van der Waals surface area (Å²) in [5.41, 5.74) is -0.487. The van der Waals surface area contributed by atoms with Gasteiger partial charge in [-0.3, -0.25) is 9.69 Å². The minimum absolute atomic E-state index is 0.0216. The summed E-state index contributed by atoms with van der Waals surface area (Å²) in [6.07, 6.45) is -1.56. The van der Waals surface area contributed by atoms with Gasteiger partial charge in [-0.1, -0.05) is 17.3 Å². The van der Waals surface area contributed by atoms with Crippen molar-refractivity contribution in [3.05, 3.63) is 35.7 Å². The molecule has 2 fully saturated rings. The van der Waals surface area contributed by atoms with Crippen molar-refractivity contribution in [3.63, 3.8) is 0 Å². The number of carbonyl (C=O) groups is 1. The second-order valence-corrected chi connectivity index (χ2v) is 7.10. The van der Waals surface area contributed by atoms with Gasteiger partial charge in [-0.2, -0.15) is 18.2 Å². The van der Waals surface area contributed by atoms with Crippen LogP contribution in [0.4, 0.5) is 13.2 Å². The van der Waals surface area contributed by atoms with E-state index in [0.717, 1.165) is 37.9 Å². The van der Waals surface area contributed by atoms with E-state index in [2.05, 4.69) is 15.5 Å². The number of likely N-dealkylation sites (tertiary alicyclic amines) is 1. The van der Waals surface area contributed by atoms with Crippen LogP contribution in [0.15, 0.2) is 28.8 Å². The lowest BCUT2D eigenvalue weighted by atomic mass is 10.1. The summed E-state index contributed by atoms with van der Waals surface area (Å²) < 4.78 is 43.9. The van der Waals surface area contributed by atoms with E-state index in [-0.39, 0.29) is 23.2 Å². The molecule has 1 aliphatic carbocycles. The molecule has 0 spiro atoms. The van der Waals surface area contributed by atoms with Crippen LogP contribution in [-0.2, 0) is 11.0 Å². The van der Waals surface area contributed by atoms with Crippen LogP contribution >= 0.6 is 0 Å². The van der Waals surface area contributed by atoms with Crippen LogP contribution in [0.3, 0.4) is 0 Å². The van der Waals surface area contributed by atoms with Crippen molar-refractivity contribution in [2.24, 2.45) is 0 Å². The van der Waals surface area contributed by atoms with Crippen LogP contribution in [0, 0.1) is 0 Å². The molecule has 1 aromatic carbocycles. The maximum Gasteiger partial charge on any atom is 0.416 e. The molecule has 0 unspecified atom stereocenters. The van der Waals surface area contributed by atoms with Crippen LogP contribution in [0.25, 0.3) is 11.4 Å². The molecule has 1 saturated carbocycles. The summed E-state index contributed by atoms with van der Waals surface area (Å²) in [6, 6.07) is 5.20. The first-order valence-corrected chi connectivity index (χ1v) is 8.91. The number of nitrogens with one attached hydrogen (secondary N) is 1. The van der Waals surface area contributed by atoms with Gasteiger partial charge in [0.2, 0.25) is 17.6 Å². The van der Waals surface area contributed by atoms with E-state index in [1.165, 1.54) is 12.1 Å². The monoisotopic (exact) mass is 380 g/mol. The second-order valence-electron chi connectivity index (χ2n) is 7.10. The standard InChI is InChI=1S/C18H19F3N4O2/c19-18(20,21)13-3-1-2-11(8-13)16-23-17(27-24-16)12-6-7-25(9-12)10-15(26)22-14-4-5-14/h1-3,8,12,14H,4-7,9-10H2,(H,22,26)/t12-/m0/s1. The number of halogens is 3. The Morgan fingerprint density at radius 3 is 2.85 bits per heavy atom. The Morgan fingerprint density at radius 1 is 1.30 bits per heavy atom. The molecule has 6 nitrogen and oxygen atoms in total. The summed E-state index contributed by atoms with van der Waals surface area (Å²) in [5.74, 6) is 0.535. The number of hydrogen-bond acceptors (Lipinski definition) is 5. The largest absolute Gasteiger partial charge is 0.416 e. The number of nitrogens with zero attached hydrogens (tertiary/aromatic N) is 3. The van der Waals surface area contributed by atoms with Crippen LogP contribution in [0.2, 0.25) is 0 Å². The zero-order valence-corrected chi connectivity index (χ0v) is 14.5. The summed E-state index contributed by atoms with van der Waals surface area (Å²) in [5, 5.41) is 6.79. The molecule has 1 amide bonds. The molecule has 0 bridgehead atoms. The van der Waals surface area contributed by atoms with Crippen molar-refractivity contribution in [2.75, 3.05) is 19.6 Å². The lowest BCUT2D eigenvalue weighted by Crippen LogP contribution is -2.37. The fourth-order valence-corrected chi connectivity index (χ4v) is 3.23. The first-order chi connectivity index (χ1) is 12.9. The number of amides is 1. The Hall–Kier alpha value is -2.42. The Balaban J connectivity index is 1.40. The fraction of sp³-hybridized carbons (Fsp3) is 0.500. The molecule has 1 N–H and O–H groups in total. The Morgan fingerprint density at radius 2 is 2.11 bits per heavy atom. The Labute approximate surface area is 153 Å². The normalized spacial score (nSPS) is 20.8. The number of aromatic nitrogens is 2. The summed E-state index contributed by atoms with van der Waals surface area (Å²) in [4.78, 5) is 18.2. The predicted molar refractivity (Wildman–Crippen MR) is 89.7 cm³/mol. The third kappa shape index (κ3) is 4.29. The van der Waals surface area contributed by atoms with Crippen LogP contribution in [0.1, 0.15) is 36.6 Å².